The van der Waals surface area contributed by atoms with E-state index in [-0.39, 0.29) is 18.2 Å². The lowest BCUT2D eigenvalue weighted by atomic mass is 9.82. The van der Waals surface area contributed by atoms with E-state index in [1.807, 2.05) is 0 Å². The zero-order valence-corrected chi connectivity index (χ0v) is 15.4. The highest BCUT2D eigenvalue weighted by molar-refractivity contribution is 5.36. The molecular formula is C21H33NO3. The van der Waals surface area contributed by atoms with Crippen LogP contribution in [0.5, 0.6) is 0 Å². The Kier molecular flexibility index (Phi) is 6.16. The molecule has 0 spiro atoms. The van der Waals surface area contributed by atoms with Crippen molar-refractivity contribution in [1.82, 2.24) is 0 Å². The van der Waals surface area contributed by atoms with Crippen molar-refractivity contribution in [1.29, 1.82) is 0 Å². The number of hydrogen-bond donors (Lipinski definition) is 3. The van der Waals surface area contributed by atoms with Crippen molar-refractivity contribution in [2.45, 2.75) is 69.4 Å². The topological polar surface area (TPSA) is 75.7 Å². The second-order valence-corrected chi connectivity index (χ2v) is 8.31. The largest absolute Gasteiger partial charge is 0.394 e. The minimum absolute atomic E-state index is 0.0885. The van der Waals surface area contributed by atoms with E-state index in [1.54, 1.807) is 6.92 Å². The number of aryl methyl sites for hydroxylation is 1. The van der Waals surface area contributed by atoms with Crippen LogP contribution in [-0.4, -0.2) is 41.7 Å². The number of aliphatic hydroxyl groups is 2. The van der Waals surface area contributed by atoms with Crippen LogP contribution in [0.4, 0.5) is 0 Å². The lowest BCUT2D eigenvalue weighted by molar-refractivity contribution is 0.0648. The highest BCUT2D eigenvalue weighted by atomic mass is 16.5. The molecule has 1 unspecified atom stereocenters. The lowest BCUT2D eigenvalue weighted by Crippen LogP contribution is -2.40. The normalized spacial score (nSPS) is 30.2. The Hall–Kier alpha value is -0.940. The molecule has 1 fully saturated rings. The molecular weight excluding hydrogens is 314 g/mol. The first kappa shape index (κ1) is 18.8. The standard InChI is InChI=1S/C21H33NO3/c1-15(24)7-9-25-13-16-2-3-18-11-19(5-4-17(18)10-16)20-6-8-21(22,12-20)14-23/h4-5,11,15-16,20,23-24H,2-3,6-10,12-14,22H2,1H3/t15?,16-,20+,21-/m1/s1. The fraction of sp³-hybridized carbons (Fsp3) is 0.714. The number of rotatable bonds is 7. The number of fused-ring (bicyclic) bond motifs is 1. The highest BCUT2D eigenvalue weighted by Gasteiger charge is 2.36. The summed E-state index contributed by atoms with van der Waals surface area (Å²) in [4.78, 5) is 0. The van der Waals surface area contributed by atoms with Crippen LogP contribution in [0.25, 0.3) is 0 Å². The molecule has 4 N–H and O–H groups in total. The maximum absolute atomic E-state index is 9.48. The van der Waals surface area contributed by atoms with Gasteiger partial charge in [0.05, 0.1) is 12.7 Å². The molecule has 1 aromatic rings. The Bertz CT molecular complexity index is 574. The van der Waals surface area contributed by atoms with Gasteiger partial charge in [0.15, 0.2) is 0 Å². The van der Waals surface area contributed by atoms with E-state index >= 15 is 0 Å². The predicted octanol–water partition coefficient (Wildman–Crippen LogP) is 2.54. The lowest BCUT2D eigenvalue weighted by Gasteiger charge is -2.26. The van der Waals surface area contributed by atoms with Gasteiger partial charge in [-0.25, -0.2) is 0 Å². The fourth-order valence-corrected chi connectivity index (χ4v) is 4.34. The summed E-state index contributed by atoms with van der Waals surface area (Å²) >= 11 is 0. The van der Waals surface area contributed by atoms with Gasteiger partial charge >= 0.3 is 0 Å². The number of hydrogen-bond acceptors (Lipinski definition) is 4. The van der Waals surface area contributed by atoms with E-state index < -0.39 is 0 Å². The monoisotopic (exact) mass is 347 g/mol. The number of nitrogens with two attached hydrogens (primary N) is 1. The summed E-state index contributed by atoms with van der Waals surface area (Å²) in [5.41, 5.74) is 10.2. The van der Waals surface area contributed by atoms with Crippen LogP contribution in [0.3, 0.4) is 0 Å². The minimum Gasteiger partial charge on any atom is -0.394 e. The first-order valence-electron chi connectivity index (χ1n) is 9.76. The van der Waals surface area contributed by atoms with E-state index in [0.29, 0.717) is 24.9 Å². The van der Waals surface area contributed by atoms with Gasteiger partial charge in [-0.2, -0.15) is 0 Å². The van der Waals surface area contributed by atoms with Crippen molar-refractivity contribution in [3.63, 3.8) is 0 Å². The zero-order valence-electron chi connectivity index (χ0n) is 15.4. The molecule has 1 saturated carbocycles. The van der Waals surface area contributed by atoms with Crippen molar-refractivity contribution >= 4 is 0 Å². The molecule has 4 nitrogen and oxygen atoms in total. The second-order valence-electron chi connectivity index (χ2n) is 8.31. The van der Waals surface area contributed by atoms with Crippen molar-refractivity contribution in [2.24, 2.45) is 11.7 Å². The van der Waals surface area contributed by atoms with Crippen LogP contribution in [0.2, 0.25) is 0 Å². The Morgan fingerprint density at radius 1 is 1.32 bits per heavy atom. The van der Waals surface area contributed by atoms with Gasteiger partial charge in [-0.1, -0.05) is 18.2 Å². The van der Waals surface area contributed by atoms with Gasteiger partial charge in [-0.05, 0) is 80.4 Å². The molecule has 0 aliphatic heterocycles. The average molecular weight is 347 g/mol. The van der Waals surface area contributed by atoms with Gasteiger partial charge in [0.2, 0.25) is 0 Å². The van der Waals surface area contributed by atoms with Crippen LogP contribution in [0, 0.1) is 5.92 Å². The Balaban J connectivity index is 1.55. The average Bonchev–Trinajstić information content (AvgIpc) is 3.01. The smallest absolute Gasteiger partial charge is 0.0611 e. The van der Waals surface area contributed by atoms with Gasteiger partial charge in [0.25, 0.3) is 0 Å². The molecule has 0 radical (unpaired) electrons. The number of benzene rings is 1. The molecule has 4 heteroatoms. The van der Waals surface area contributed by atoms with Crippen LogP contribution in [0.1, 0.15) is 61.6 Å². The predicted molar refractivity (Wildman–Crippen MR) is 99.7 cm³/mol. The molecule has 4 atom stereocenters. The second kappa shape index (κ2) is 8.17. The van der Waals surface area contributed by atoms with E-state index in [0.717, 1.165) is 38.7 Å². The SMILES string of the molecule is CC(O)CCOC[C@@H]1CCc2cc([C@H]3CC[C@](N)(CO)C3)ccc2C1. The fourth-order valence-electron chi connectivity index (χ4n) is 4.34. The van der Waals surface area contributed by atoms with Gasteiger partial charge in [-0.15, -0.1) is 0 Å². The summed E-state index contributed by atoms with van der Waals surface area (Å²) in [5.74, 6) is 1.08. The minimum atomic E-state index is -0.380. The Labute approximate surface area is 151 Å². The summed E-state index contributed by atoms with van der Waals surface area (Å²) < 4.78 is 5.74. The maximum Gasteiger partial charge on any atom is 0.0611 e. The van der Waals surface area contributed by atoms with Gasteiger partial charge in [0.1, 0.15) is 0 Å². The van der Waals surface area contributed by atoms with E-state index in [4.69, 9.17) is 10.5 Å². The molecule has 0 saturated heterocycles. The number of aliphatic hydroxyl groups excluding tert-OH is 2. The number of ether oxygens (including phenoxy) is 1. The summed E-state index contributed by atoms with van der Waals surface area (Å²) in [5, 5.41) is 18.8. The molecule has 0 amide bonds. The zero-order chi connectivity index (χ0) is 17.9. The quantitative estimate of drug-likeness (QED) is 0.663. The summed E-state index contributed by atoms with van der Waals surface area (Å²) in [6.45, 7) is 3.33. The Morgan fingerprint density at radius 2 is 2.16 bits per heavy atom. The van der Waals surface area contributed by atoms with Crippen molar-refractivity contribution in [3.8, 4) is 0 Å². The first-order valence-corrected chi connectivity index (χ1v) is 9.76. The third-order valence-corrected chi connectivity index (χ3v) is 6.02. The van der Waals surface area contributed by atoms with Gasteiger partial charge in [0, 0.05) is 18.8 Å². The van der Waals surface area contributed by atoms with Crippen LogP contribution in [-0.2, 0) is 17.6 Å². The van der Waals surface area contributed by atoms with Crippen LogP contribution >= 0.6 is 0 Å². The first-order chi connectivity index (χ1) is 12.0. The third kappa shape index (κ3) is 4.82. The Morgan fingerprint density at radius 3 is 2.88 bits per heavy atom. The summed E-state index contributed by atoms with van der Waals surface area (Å²) in [6.07, 6.45) is 6.70. The molecule has 2 aliphatic carbocycles. The molecule has 0 aromatic heterocycles. The maximum atomic E-state index is 9.48. The van der Waals surface area contributed by atoms with Gasteiger partial charge < -0.3 is 20.7 Å². The molecule has 3 rings (SSSR count). The third-order valence-electron chi connectivity index (χ3n) is 6.02. The molecule has 0 heterocycles. The van der Waals surface area contributed by atoms with E-state index in [1.165, 1.54) is 23.1 Å². The van der Waals surface area contributed by atoms with Crippen LogP contribution < -0.4 is 5.73 Å². The molecule has 25 heavy (non-hydrogen) atoms. The van der Waals surface area contributed by atoms with E-state index in [9.17, 15) is 10.2 Å². The van der Waals surface area contributed by atoms with Crippen molar-refractivity contribution in [3.05, 3.63) is 34.9 Å². The summed E-state index contributed by atoms with van der Waals surface area (Å²) in [6, 6.07) is 6.94. The van der Waals surface area contributed by atoms with Crippen LogP contribution in [0.15, 0.2) is 18.2 Å². The summed E-state index contributed by atoms with van der Waals surface area (Å²) in [7, 11) is 0. The molecule has 1 aromatic carbocycles. The highest BCUT2D eigenvalue weighted by Crippen LogP contribution is 2.40. The molecule has 0 bridgehead atoms. The van der Waals surface area contributed by atoms with Crippen molar-refractivity contribution < 1.29 is 14.9 Å². The molecule has 140 valence electrons. The van der Waals surface area contributed by atoms with Gasteiger partial charge in [-0.3, -0.25) is 0 Å². The van der Waals surface area contributed by atoms with E-state index in [2.05, 4.69) is 18.2 Å². The molecule has 2 aliphatic rings. The van der Waals surface area contributed by atoms with Crippen molar-refractivity contribution in [2.75, 3.05) is 19.8 Å².